The smallest absolute Gasteiger partial charge is 0.339 e. The number of cyclic esters (lactones) is 1. The zero-order chi connectivity index (χ0) is 17.5. The first-order valence-electron chi connectivity index (χ1n) is 7.99. The van der Waals surface area contributed by atoms with E-state index in [0.717, 1.165) is 22.3 Å². The number of hydrogen-bond donors (Lipinski definition) is 1. The van der Waals surface area contributed by atoms with Crippen LogP contribution in [0.1, 0.15) is 39.5 Å². The molecule has 0 radical (unpaired) electrons. The fourth-order valence-corrected chi connectivity index (χ4v) is 3.16. The summed E-state index contributed by atoms with van der Waals surface area (Å²) in [7, 11) is 0. The Morgan fingerprint density at radius 3 is 2.38 bits per heavy atom. The van der Waals surface area contributed by atoms with Gasteiger partial charge < -0.3 is 10.1 Å². The van der Waals surface area contributed by atoms with Gasteiger partial charge in [0.1, 0.15) is 0 Å². The van der Waals surface area contributed by atoms with Crippen LogP contribution in [-0.4, -0.2) is 17.5 Å². The number of benzene rings is 2. The van der Waals surface area contributed by atoms with Gasteiger partial charge in [-0.1, -0.05) is 23.8 Å². The van der Waals surface area contributed by atoms with E-state index in [1.807, 2.05) is 51.1 Å². The predicted molar refractivity (Wildman–Crippen MR) is 93.2 cm³/mol. The molecule has 1 aliphatic heterocycles. The normalized spacial score (nSPS) is 19.4. The van der Waals surface area contributed by atoms with Crippen LogP contribution in [0.2, 0.25) is 0 Å². The summed E-state index contributed by atoms with van der Waals surface area (Å²) in [5, 5.41) is 2.88. The molecule has 1 amide bonds. The van der Waals surface area contributed by atoms with Gasteiger partial charge in [0.25, 0.3) is 5.91 Å². The van der Waals surface area contributed by atoms with Crippen molar-refractivity contribution >= 4 is 17.6 Å². The number of amides is 1. The van der Waals surface area contributed by atoms with Crippen molar-refractivity contribution in [1.29, 1.82) is 0 Å². The summed E-state index contributed by atoms with van der Waals surface area (Å²) in [6, 6.07) is 11.4. The number of carbonyl (C=O) groups excluding carboxylic acids is 2. The Kier molecular flexibility index (Phi) is 3.91. The number of anilines is 1. The van der Waals surface area contributed by atoms with Crippen LogP contribution in [0.15, 0.2) is 36.4 Å². The van der Waals surface area contributed by atoms with E-state index in [9.17, 15) is 9.59 Å². The number of hydrogen-bond acceptors (Lipinski definition) is 3. The van der Waals surface area contributed by atoms with Crippen LogP contribution in [0.3, 0.4) is 0 Å². The van der Waals surface area contributed by atoms with E-state index >= 15 is 0 Å². The number of nitrogens with one attached hydrogen (secondary N) is 1. The van der Waals surface area contributed by atoms with Crippen LogP contribution in [-0.2, 0) is 16.0 Å². The molecule has 2 aromatic rings. The van der Waals surface area contributed by atoms with Crippen LogP contribution in [0.4, 0.5) is 5.69 Å². The standard InChI is InChI=1S/C20H21NO3/c1-12-5-6-17-15(8-12)11-20(4,24-18(17)22)19(23)21-16-9-13(2)7-14(3)10-16/h5-10H,11H2,1-4H3,(H,21,23). The second-order valence-corrected chi connectivity index (χ2v) is 6.79. The molecule has 0 saturated heterocycles. The van der Waals surface area contributed by atoms with Crippen molar-refractivity contribution in [2.75, 3.05) is 5.32 Å². The predicted octanol–water partition coefficient (Wildman–Crippen LogP) is 3.72. The van der Waals surface area contributed by atoms with E-state index in [1.54, 1.807) is 13.0 Å². The van der Waals surface area contributed by atoms with Gasteiger partial charge in [0.15, 0.2) is 5.60 Å². The average Bonchev–Trinajstić information content (AvgIpc) is 2.45. The minimum Gasteiger partial charge on any atom is -0.445 e. The minimum absolute atomic E-state index is 0.312. The molecule has 0 aliphatic carbocycles. The zero-order valence-corrected chi connectivity index (χ0v) is 14.4. The van der Waals surface area contributed by atoms with E-state index in [-0.39, 0.29) is 5.91 Å². The lowest BCUT2D eigenvalue weighted by Crippen LogP contribution is -2.49. The summed E-state index contributed by atoms with van der Waals surface area (Å²) in [5.74, 6) is -0.762. The topological polar surface area (TPSA) is 55.4 Å². The summed E-state index contributed by atoms with van der Waals surface area (Å²) in [6.45, 7) is 7.58. The van der Waals surface area contributed by atoms with Crippen LogP contribution >= 0.6 is 0 Å². The molecule has 0 spiro atoms. The van der Waals surface area contributed by atoms with E-state index in [4.69, 9.17) is 4.74 Å². The molecule has 1 unspecified atom stereocenters. The van der Waals surface area contributed by atoms with Crippen LogP contribution in [0.25, 0.3) is 0 Å². The van der Waals surface area contributed by atoms with Gasteiger partial charge in [-0.05, 0) is 62.6 Å². The van der Waals surface area contributed by atoms with Crippen LogP contribution in [0.5, 0.6) is 0 Å². The van der Waals surface area contributed by atoms with Crippen LogP contribution in [0, 0.1) is 20.8 Å². The quantitative estimate of drug-likeness (QED) is 0.857. The molecule has 1 heterocycles. The summed E-state index contributed by atoms with van der Waals surface area (Å²) < 4.78 is 5.48. The summed E-state index contributed by atoms with van der Waals surface area (Å²) in [6.07, 6.45) is 0.367. The highest BCUT2D eigenvalue weighted by Gasteiger charge is 2.42. The molecule has 0 aromatic heterocycles. The molecule has 4 heteroatoms. The highest BCUT2D eigenvalue weighted by atomic mass is 16.6. The lowest BCUT2D eigenvalue weighted by molar-refractivity contribution is -0.134. The number of fused-ring (bicyclic) bond motifs is 1. The van der Waals surface area contributed by atoms with Gasteiger partial charge in [-0.25, -0.2) is 4.79 Å². The van der Waals surface area contributed by atoms with E-state index < -0.39 is 11.6 Å². The Hall–Kier alpha value is -2.62. The Bertz CT molecular complexity index is 821. The van der Waals surface area contributed by atoms with Crippen molar-refractivity contribution in [3.8, 4) is 0 Å². The second-order valence-electron chi connectivity index (χ2n) is 6.79. The molecule has 4 nitrogen and oxygen atoms in total. The number of carbonyl (C=O) groups is 2. The first-order chi connectivity index (χ1) is 11.3. The van der Waals surface area contributed by atoms with Gasteiger partial charge in [-0.3, -0.25) is 4.79 Å². The molecule has 124 valence electrons. The van der Waals surface area contributed by atoms with E-state index in [0.29, 0.717) is 17.7 Å². The number of esters is 1. The number of ether oxygens (including phenoxy) is 1. The first-order valence-corrected chi connectivity index (χ1v) is 7.99. The maximum Gasteiger partial charge on any atom is 0.339 e. The average molecular weight is 323 g/mol. The third-order valence-corrected chi connectivity index (χ3v) is 4.29. The van der Waals surface area contributed by atoms with Gasteiger partial charge in [-0.15, -0.1) is 0 Å². The minimum atomic E-state index is -1.21. The Balaban J connectivity index is 1.88. The van der Waals surface area contributed by atoms with Crippen molar-refractivity contribution in [2.24, 2.45) is 0 Å². The molecule has 1 N–H and O–H groups in total. The first kappa shape index (κ1) is 16.2. The van der Waals surface area contributed by atoms with Crippen LogP contribution < -0.4 is 5.32 Å². The highest BCUT2D eigenvalue weighted by Crippen LogP contribution is 2.30. The largest absolute Gasteiger partial charge is 0.445 e. The monoisotopic (exact) mass is 323 g/mol. The summed E-state index contributed by atoms with van der Waals surface area (Å²) >= 11 is 0. The van der Waals surface area contributed by atoms with Gasteiger partial charge in [0.05, 0.1) is 5.56 Å². The van der Waals surface area contributed by atoms with Gasteiger partial charge in [0.2, 0.25) is 0 Å². The van der Waals surface area contributed by atoms with Crippen molar-refractivity contribution in [1.82, 2.24) is 0 Å². The lowest BCUT2D eigenvalue weighted by atomic mass is 9.88. The van der Waals surface area contributed by atoms with E-state index in [2.05, 4.69) is 5.32 Å². The molecule has 0 saturated carbocycles. The summed E-state index contributed by atoms with van der Waals surface area (Å²) in [4.78, 5) is 25.0. The second kappa shape index (κ2) is 5.78. The Labute approximate surface area is 141 Å². The van der Waals surface area contributed by atoms with Gasteiger partial charge in [-0.2, -0.15) is 0 Å². The fourth-order valence-electron chi connectivity index (χ4n) is 3.16. The maximum atomic E-state index is 12.8. The molecular formula is C20H21NO3. The van der Waals surface area contributed by atoms with Gasteiger partial charge >= 0.3 is 5.97 Å². The third-order valence-electron chi connectivity index (χ3n) is 4.29. The fraction of sp³-hybridized carbons (Fsp3) is 0.300. The highest BCUT2D eigenvalue weighted by molar-refractivity contribution is 6.02. The van der Waals surface area contributed by atoms with Crippen molar-refractivity contribution in [2.45, 2.75) is 39.7 Å². The van der Waals surface area contributed by atoms with E-state index in [1.165, 1.54) is 0 Å². The SMILES string of the molecule is Cc1cc(C)cc(NC(=O)C2(C)Cc3cc(C)ccc3C(=O)O2)c1. The summed E-state index contributed by atoms with van der Waals surface area (Å²) in [5.41, 5.74) is 4.08. The molecule has 2 aromatic carbocycles. The van der Waals surface area contributed by atoms with Crippen molar-refractivity contribution < 1.29 is 14.3 Å². The number of aryl methyl sites for hydroxylation is 3. The Morgan fingerprint density at radius 1 is 1.04 bits per heavy atom. The Morgan fingerprint density at radius 2 is 1.71 bits per heavy atom. The molecule has 24 heavy (non-hydrogen) atoms. The molecule has 1 aliphatic rings. The van der Waals surface area contributed by atoms with Crippen molar-refractivity contribution in [3.05, 3.63) is 64.2 Å². The molecular weight excluding hydrogens is 302 g/mol. The molecule has 3 rings (SSSR count). The third kappa shape index (κ3) is 3.04. The molecule has 1 atom stereocenters. The number of rotatable bonds is 2. The van der Waals surface area contributed by atoms with Crippen molar-refractivity contribution in [3.63, 3.8) is 0 Å². The molecule has 0 fully saturated rings. The van der Waals surface area contributed by atoms with Gasteiger partial charge in [0, 0.05) is 12.1 Å². The zero-order valence-electron chi connectivity index (χ0n) is 14.4. The molecule has 0 bridgehead atoms. The maximum absolute atomic E-state index is 12.8. The lowest BCUT2D eigenvalue weighted by Gasteiger charge is -2.33.